The average molecular weight is 385 g/mol. The van der Waals surface area contributed by atoms with Crippen LogP contribution < -0.4 is 29.6 Å². The van der Waals surface area contributed by atoms with Gasteiger partial charge in [0.15, 0.2) is 5.78 Å². The second-order valence-corrected chi connectivity index (χ2v) is 6.55. The first-order chi connectivity index (χ1) is 12.6. The number of hydrogen-bond acceptors (Lipinski definition) is 4. The van der Waals surface area contributed by atoms with Gasteiger partial charge in [0, 0.05) is 25.7 Å². The first-order valence-electron chi connectivity index (χ1n) is 9.61. The second kappa shape index (κ2) is 15.9. The molecular weight excluding hydrogens is 353 g/mol. The predicted molar refractivity (Wildman–Crippen MR) is 102 cm³/mol. The third kappa shape index (κ3) is 11.4. The molecule has 0 bridgehead atoms. The van der Waals surface area contributed by atoms with E-state index in [1.54, 1.807) is 11.0 Å². The van der Waals surface area contributed by atoms with Crippen molar-refractivity contribution in [2.45, 2.75) is 77.2 Å². The standard InChI is InChI=1S/C21H31NO4.Na.H/c1-3-4-7-12-19(23)16-15-18-11-10-13-20(24)22(18)17-9-6-5-8-14-21(25)26-2;;/h15-16,18H,3-5,7-8,10-14,17H2,1-2H3;;/q;+1;-1/b16-15+;;. The van der Waals surface area contributed by atoms with E-state index in [-0.39, 0.29) is 54.7 Å². The smallest absolute Gasteiger partial charge is 1.00 e. The molecule has 0 spiro atoms. The molecule has 0 aromatic carbocycles. The zero-order valence-electron chi connectivity index (χ0n) is 18.1. The molecule has 27 heavy (non-hydrogen) atoms. The van der Waals surface area contributed by atoms with Crippen LogP contribution in [-0.2, 0) is 19.1 Å². The van der Waals surface area contributed by atoms with Gasteiger partial charge in [-0.05, 0) is 31.8 Å². The summed E-state index contributed by atoms with van der Waals surface area (Å²) in [5.41, 5.74) is 0. The predicted octanol–water partition coefficient (Wildman–Crippen LogP) is 0.536. The summed E-state index contributed by atoms with van der Waals surface area (Å²) in [6.07, 6.45) is 11.0. The third-order valence-electron chi connectivity index (χ3n) is 4.43. The fourth-order valence-electron chi connectivity index (χ4n) is 2.86. The normalized spacial score (nSPS) is 16.4. The number of rotatable bonds is 10. The Balaban J connectivity index is 0. The number of carbonyl (C=O) groups excluding carboxylic acids is 3. The van der Waals surface area contributed by atoms with E-state index in [1.807, 2.05) is 6.08 Å². The summed E-state index contributed by atoms with van der Waals surface area (Å²) in [6.45, 7) is 2.48. The molecule has 0 aromatic heterocycles. The Morgan fingerprint density at radius 1 is 1.26 bits per heavy atom. The van der Waals surface area contributed by atoms with Crippen molar-refractivity contribution in [3.05, 3.63) is 12.2 Å². The van der Waals surface area contributed by atoms with E-state index in [1.165, 1.54) is 7.11 Å². The molecule has 1 amide bonds. The molecule has 1 saturated heterocycles. The van der Waals surface area contributed by atoms with Crippen molar-refractivity contribution >= 4 is 17.7 Å². The molecule has 1 aliphatic heterocycles. The van der Waals surface area contributed by atoms with Crippen molar-refractivity contribution in [1.29, 1.82) is 0 Å². The third-order valence-corrected chi connectivity index (χ3v) is 4.43. The average Bonchev–Trinajstić information content (AvgIpc) is 2.64. The van der Waals surface area contributed by atoms with E-state index in [2.05, 4.69) is 23.5 Å². The molecule has 0 saturated carbocycles. The molecule has 1 atom stereocenters. The minimum atomic E-state index is -0.230. The Labute approximate surface area is 187 Å². The van der Waals surface area contributed by atoms with E-state index in [0.29, 0.717) is 38.6 Å². The van der Waals surface area contributed by atoms with Crippen LogP contribution in [0.3, 0.4) is 0 Å². The van der Waals surface area contributed by atoms with Gasteiger partial charge in [0.2, 0.25) is 5.91 Å². The number of piperidine rings is 1. The molecular formula is C21H32NNaO4. The van der Waals surface area contributed by atoms with Crippen LogP contribution in [0.1, 0.15) is 72.6 Å². The van der Waals surface area contributed by atoms with Gasteiger partial charge in [0.05, 0.1) is 19.7 Å². The van der Waals surface area contributed by atoms with E-state index >= 15 is 0 Å². The van der Waals surface area contributed by atoms with Crippen LogP contribution in [-0.4, -0.2) is 42.3 Å². The maximum Gasteiger partial charge on any atom is 1.00 e. The van der Waals surface area contributed by atoms with Gasteiger partial charge >= 0.3 is 35.5 Å². The van der Waals surface area contributed by atoms with Crippen LogP contribution in [0.4, 0.5) is 0 Å². The van der Waals surface area contributed by atoms with Gasteiger partial charge in [-0.1, -0.05) is 31.8 Å². The Kier molecular flexibility index (Phi) is 15.3. The quantitative estimate of drug-likeness (QED) is 0.181. The van der Waals surface area contributed by atoms with E-state index in [9.17, 15) is 14.4 Å². The van der Waals surface area contributed by atoms with Crippen LogP contribution in [0, 0.1) is 11.8 Å². The minimum absolute atomic E-state index is 0. The fraction of sp³-hybridized carbons (Fsp3) is 0.667. The van der Waals surface area contributed by atoms with Crippen molar-refractivity contribution in [3.63, 3.8) is 0 Å². The van der Waals surface area contributed by atoms with Gasteiger partial charge in [0.25, 0.3) is 0 Å². The number of likely N-dealkylation sites (tertiary alicyclic amines) is 1. The maximum absolute atomic E-state index is 12.2. The first kappa shape index (κ1) is 25.9. The van der Waals surface area contributed by atoms with Gasteiger partial charge in [0.1, 0.15) is 0 Å². The number of unbranched alkanes of at least 4 members (excludes halogenated alkanes) is 3. The van der Waals surface area contributed by atoms with Crippen LogP contribution in [0.5, 0.6) is 0 Å². The Morgan fingerprint density at radius 3 is 2.74 bits per heavy atom. The number of hydrogen-bond donors (Lipinski definition) is 0. The van der Waals surface area contributed by atoms with Crippen LogP contribution >= 0.6 is 0 Å². The van der Waals surface area contributed by atoms with E-state index < -0.39 is 0 Å². The van der Waals surface area contributed by atoms with Crippen molar-refractivity contribution in [3.8, 4) is 11.8 Å². The number of esters is 1. The molecule has 1 fully saturated rings. The molecule has 0 aliphatic carbocycles. The molecule has 0 radical (unpaired) electrons. The summed E-state index contributed by atoms with van der Waals surface area (Å²) in [6, 6.07) is -0.0456. The molecule has 146 valence electrons. The largest absolute Gasteiger partial charge is 1.00 e. The van der Waals surface area contributed by atoms with Gasteiger partial charge in [-0.25, -0.2) is 0 Å². The zero-order valence-corrected chi connectivity index (χ0v) is 19.1. The zero-order chi connectivity index (χ0) is 19.2. The number of nitrogens with zero attached hydrogens (tertiary/aromatic N) is 1. The first-order valence-corrected chi connectivity index (χ1v) is 9.61. The van der Waals surface area contributed by atoms with Crippen molar-refractivity contribution in [1.82, 2.24) is 4.90 Å². The number of carbonyl (C=O) groups is 3. The summed E-state index contributed by atoms with van der Waals surface area (Å²) in [5, 5.41) is 0. The summed E-state index contributed by atoms with van der Waals surface area (Å²) < 4.78 is 4.58. The molecule has 1 rings (SSSR count). The van der Waals surface area contributed by atoms with Gasteiger partial charge in [-0.15, -0.1) is 5.92 Å². The molecule has 1 aliphatic rings. The van der Waals surface area contributed by atoms with Crippen molar-refractivity contribution in [2.75, 3.05) is 13.7 Å². The van der Waals surface area contributed by atoms with E-state index in [4.69, 9.17) is 0 Å². The Hall–Kier alpha value is -1.09. The number of methoxy groups -OCH3 is 1. The van der Waals surface area contributed by atoms with Crippen LogP contribution in [0.25, 0.3) is 0 Å². The summed E-state index contributed by atoms with van der Waals surface area (Å²) >= 11 is 0. The van der Waals surface area contributed by atoms with Gasteiger partial charge in [-0.2, -0.15) is 0 Å². The maximum atomic E-state index is 12.2. The number of ketones is 1. The monoisotopic (exact) mass is 385 g/mol. The Morgan fingerprint density at radius 2 is 2.04 bits per heavy atom. The molecule has 5 nitrogen and oxygen atoms in total. The number of amides is 1. The molecule has 0 aromatic rings. The molecule has 0 N–H and O–H groups in total. The second-order valence-electron chi connectivity index (χ2n) is 6.55. The molecule has 1 heterocycles. The molecule has 6 heteroatoms. The van der Waals surface area contributed by atoms with Crippen LogP contribution in [0.15, 0.2) is 12.2 Å². The van der Waals surface area contributed by atoms with Crippen molar-refractivity contribution < 1.29 is 50.1 Å². The Bertz CT molecular complexity index is 568. The summed E-state index contributed by atoms with van der Waals surface area (Å²) in [4.78, 5) is 36.9. The number of allylic oxidation sites excluding steroid dienone is 1. The SMILES string of the molecule is CCCCCC(=O)/C=C/C1CCCC(=O)N1CC#CCCCC(=O)OC.[H-].[Na+]. The van der Waals surface area contributed by atoms with Gasteiger partial charge < -0.3 is 11.1 Å². The van der Waals surface area contributed by atoms with E-state index in [0.717, 1.165) is 32.1 Å². The fourth-order valence-corrected chi connectivity index (χ4v) is 2.86. The summed E-state index contributed by atoms with van der Waals surface area (Å²) in [5.74, 6) is 6.02. The molecule has 1 unspecified atom stereocenters. The van der Waals surface area contributed by atoms with Gasteiger partial charge in [-0.3, -0.25) is 14.4 Å². The number of ether oxygens (including phenoxy) is 1. The van der Waals surface area contributed by atoms with Crippen molar-refractivity contribution in [2.24, 2.45) is 0 Å². The topological polar surface area (TPSA) is 63.7 Å². The van der Waals surface area contributed by atoms with Crippen LogP contribution in [0.2, 0.25) is 0 Å². The summed E-state index contributed by atoms with van der Waals surface area (Å²) in [7, 11) is 1.37. The minimum Gasteiger partial charge on any atom is -1.00 e.